The number of hydrogen-bond acceptors (Lipinski definition) is 1. The van der Waals surface area contributed by atoms with Crippen LogP contribution in [-0.4, -0.2) is 5.71 Å². The first-order valence-electron chi connectivity index (χ1n) is 4.29. The molecule has 0 aliphatic carbocycles. The molecule has 0 aliphatic rings. The molecular weight excluding hydrogens is 122 g/mol. The van der Waals surface area contributed by atoms with Crippen LogP contribution in [0.5, 0.6) is 0 Å². The second kappa shape index (κ2) is 5.45. The minimum absolute atomic E-state index is 0.518. The van der Waals surface area contributed by atoms with Crippen LogP contribution in [0.2, 0.25) is 0 Å². The number of nitrogens with one attached hydrogen (secondary N) is 1. The highest BCUT2D eigenvalue weighted by Crippen LogP contribution is 2.09. The summed E-state index contributed by atoms with van der Waals surface area (Å²) in [5.74, 6) is 0.518. The van der Waals surface area contributed by atoms with E-state index in [2.05, 4.69) is 20.8 Å². The zero-order valence-corrected chi connectivity index (χ0v) is 7.41. The van der Waals surface area contributed by atoms with Crippen LogP contribution in [0.3, 0.4) is 0 Å². The van der Waals surface area contributed by atoms with Gasteiger partial charge in [0.05, 0.1) is 0 Å². The van der Waals surface area contributed by atoms with Crippen molar-refractivity contribution >= 4 is 5.71 Å². The Morgan fingerprint density at radius 2 is 1.90 bits per heavy atom. The van der Waals surface area contributed by atoms with E-state index in [0.29, 0.717) is 5.92 Å². The average Bonchev–Trinajstić information content (AvgIpc) is 1.89. The minimum atomic E-state index is 0.518. The molecule has 1 atom stereocenters. The minimum Gasteiger partial charge on any atom is -0.309 e. The van der Waals surface area contributed by atoms with Crippen molar-refractivity contribution in [1.82, 2.24) is 0 Å². The van der Waals surface area contributed by atoms with Gasteiger partial charge in [-0.15, -0.1) is 0 Å². The van der Waals surface area contributed by atoms with Crippen molar-refractivity contribution in [3.8, 4) is 0 Å². The summed E-state index contributed by atoms with van der Waals surface area (Å²) in [5.41, 5.74) is 0.935. The van der Waals surface area contributed by atoms with Gasteiger partial charge in [-0.25, -0.2) is 0 Å². The summed E-state index contributed by atoms with van der Waals surface area (Å²) < 4.78 is 0. The van der Waals surface area contributed by atoms with E-state index in [0.717, 1.165) is 18.6 Å². The molecule has 0 fully saturated rings. The lowest BCUT2D eigenvalue weighted by Crippen LogP contribution is -2.08. The summed E-state index contributed by atoms with van der Waals surface area (Å²) in [6.07, 6.45) is 4.49. The molecule has 0 radical (unpaired) electrons. The van der Waals surface area contributed by atoms with Crippen LogP contribution >= 0.6 is 0 Å². The van der Waals surface area contributed by atoms with Crippen LogP contribution in [0.1, 0.15) is 46.5 Å². The van der Waals surface area contributed by atoms with Crippen LogP contribution in [0, 0.1) is 11.3 Å². The highest BCUT2D eigenvalue weighted by molar-refractivity contribution is 5.83. The summed E-state index contributed by atoms with van der Waals surface area (Å²) in [5, 5.41) is 7.60. The lowest BCUT2D eigenvalue weighted by atomic mass is 9.97. The highest BCUT2D eigenvalue weighted by Gasteiger charge is 2.05. The monoisotopic (exact) mass is 141 g/mol. The van der Waals surface area contributed by atoms with Gasteiger partial charge >= 0.3 is 0 Å². The largest absolute Gasteiger partial charge is 0.309 e. The van der Waals surface area contributed by atoms with E-state index >= 15 is 0 Å². The third-order valence-electron chi connectivity index (χ3n) is 1.84. The van der Waals surface area contributed by atoms with E-state index in [1.54, 1.807) is 0 Å². The lowest BCUT2D eigenvalue weighted by Gasteiger charge is -2.09. The smallest absolute Gasteiger partial charge is 0.0117 e. The summed E-state index contributed by atoms with van der Waals surface area (Å²) in [7, 11) is 0. The molecule has 0 saturated heterocycles. The maximum Gasteiger partial charge on any atom is 0.0117 e. The van der Waals surface area contributed by atoms with E-state index < -0.39 is 0 Å². The molecule has 1 nitrogen and oxygen atoms in total. The van der Waals surface area contributed by atoms with Gasteiger partial charge in [0.25, 0.3) is 0 Å². The van der Waals surface area contributed by atoms with Crippen molar-refractivity contribution in [2.75, 3.05) is 0 Å². The number of hydrogen-bond donors (Lipinski definition) is 1. The van der Waals surface area contributed by atoms with Crippen molar-refractivity contribution in [3.05, 3.63) is 0 Å². The normalized spacial score (nSPS) is 13.1. The van der Waals surface area contributed by atoms with Crippen LogP contribution in [0.15, 0.2) is 0 Å². The summed E-state index contributed by atoms with van der Waals surface area (Å²) in [6.45, 7) is 6.46. The zero-order valence-electron chi connectivity index (χ0n) is 7.41. The van der Waals surface area contributed by atoms with Gasteiger partial charge in [0.15, 0.2) is 0 Å². The molecule has 0 rings (SSSR count). The highest BCUT2D eigenvalue weighted by atomic mass is 14.4. The second-order valence-corrected chi connectivity index (χ2v) is 2.96. The van der Waals surface area contributed by atoms with Crippen molar-refractivity contribution < 1.29 is 0 Å². The zero-order chi connectivity index (χ0) is 7.98. The molecular formula is C9H19N. The van der Waals surface area contributed by atoms with Gasteiger partial charge in [-0.1, -0.05) is 33.6 Å². The Bertz CT molecular complexity index is 96.9. The van der Waals surface area contributed by atoms with Crippen molar-refractivity contribution in [1.29, 1.82) is 5.41 Å². The predicted octanol–water partition coefficient (Wildman–Crippen LogP) is 3.24. The van der Waals surface area contributed by atoms with Gasteiger partial charge in [0.2, 0.25) is 0 Å². The fourth-order valence-electron chi connectivity index (χ4n) is 1.12. The first-order valence-corrected chi connectivity index (χ1v) is 4.29. The van der Waals surface area contributed by atoms with E-state index in [-0.39, 0.29) is 0 Å². The van der Waals surface area contributed by atoms with Gasteiger partial charge in [-0.3, -0.25) is 0 Å². The maximum atomic E-state index is 7.60. The Balaban J connectivity index is 3.49. The molecule has 0 aromatic heterocycles. The van der Waals surface area contributed by atoms with E-state index in [1.165, 1.54) is 12.8 Å². The fourth-order valence-corrected chi connectivity index (χ4v) is 1.12. The fraction of sp³-hybridized carbons (Fsp3) is 0.889. The molecule has 0 spiro atoms. The van der Waals surface area contributed by atoms with Gasteiger partial charge in [-0.05, 0) is 18.8 Å². The molecule has 0 amide bonds. The van der Waals surface area contributed by atoms with Crippen LogP contribution in [0.25, 0.3) is 0 Å². The quantitative estimate of drug-likeness (QED) is 0.568. The van der Waals surface area contributed by atoms with Gasteiger partial charge < -0.3 is 5.41 Å². The topological polar surface area (TPSA) is 23.9 Å². The number of rotatable bonds is 5. The summed E-state index contributed by atoms with van der Waals surface area (Å²) in [4.78, 5) is 0. The average molecular weight is 141 g/mol. The summed E-state index contributed by atoms with van der Waals surface area (Å²) >= 11 is 0. The maximum absolute atomic E-state index is 7.60. The molecule has 0 aromatic carbocycles. The Hall–Kier alpha value is -0.330. The third kappa shape index (κ3) is 3.65. The Morgan fingerprint density at radius 1 is 1.30 bits per heavy atom. The van der Waals surface area contributed by atoms with Crippen molar-refractivity contribution in [3.63, 3.8) is 0 Å². The lowest BCUT2D eigenvalue weighted by molar-refractivity contribution is 0.649. The van der Waals surface area contributed by atoms with Crippen LogP contribution < -0.4 is 0 Å². The third-order valence-corrected chi connectivity index (χ3v) is 1.84. The molecule has 10 heavy (non-hydrogen) atoms. The van der Waals surface area contributed by atoms with Crippen LogP contribution in [-0.2, 0) is 0 Å². The Kier molecular flexibility index (Phi) is 5.27. The molecule has 0 saturated carbocycles. The molecule has 1 heteroatoms. The molecule has 1 unspecified atom stereocenters. The van der Waals surface area contributed by atoms with E-state index in [4.69, 9.17) is 5.41 Å². The molecule has 0 heterocycles. The standard InChI is InChI=1S/C9H19N/c1-4-6-8(3)9(10)7-5-2/h8,10H,4-7H2,1-3H3. The first kappa shape index (κ1) is 9.67. The second-order valence-electron chi connectivity index (χ2n) is 2.96. The Labute approximate surface area is 64.3 Å². The summed E-state index contributed by atoms with van der Waals surface area (Å²) in [6, 6.07) is 0. The molecule has 1 N–H and O–H groups in total. The van der Waals surface area contributed by atoms with Gasteiger partial charge in [0.1, 0.15) is 0 Å². The van der Waals surface area contributed by atoms with E-state index in [9.17, 15) is 0 Å². The first-order chi connectivity index (χ1) is 4.72. The molecule has 60 valence electrons. The molecule has 0 bridgehead atoms. The van der Waals surface area contributed by atoms with Crippen LogP contribution in [0.4, 0.5) is 0 Å². The Morgan fingerprint density at radius 3 is 2.30 bits per heavy atom. The van der Waals surface area contributed by atoms with E-state index in [1.807, 2.05) is 0 Å². The SMILES string of the molecule is CCCC(=N)C(C)CCC. The van der Waals surface area contributed by atoms with Gasteiger partial charge in [-0.2, -0.15) is 0 Å². The van der Waals surface area contributed by atoms with Crippen molar-refractivity contribution in [2.45, 2.75) is 46.5 Å². The predicted molar refractivity (Wildman–Crippen MR) is 46.7 cm³/mol. The van der Waals surface area contributed by atoms with Crippen molar-refractivity contribution in [2.24, 2.45) is 5.92 Å². The molecule has 0 aliphatic heterocycles. The van der Waals surface area contributed by atoms with Gasteiger partial charge in [0, 0.05) is 5.71 Å². The molecule has 0 aromatic rings.